The Hall–Kier alpha value is -1.10. The molecule has 1 aromatic heterocycles. The number of ether oxygens (including phenoxy) is 1. The highest BCUT2D eigenvalue weighted by atomic mass is 79.9. The molecule has 1 aromatic rings. The molecule has 1 fully saturated rings. The van der Waals surface area contributed by atoms with E-state index in [0.29, 0.717) is 6.61 Å². The van der Waals surface area contributed by atoms with E-state index in [0.717, 1.165) is 16.6 Å². The maximum absolute atomic E-state index is 10.9. The van der Waals surface area contributed by atoms with Crippen molar-refractivity contribution in [2.24, 2.45) is 0 Å². The van der Waals surface area contributed by atoms with Crippen LogP contribution in [0.1, 0.15) is 18.2 Å². The lowest BCUT2D eigenvalue weighted by molar-refractivity contribution is 0.115. The standard InChI is InChI=1S/C9H9BrN2O2/c10-6-1-2-7(11-5-6)8-3-4-14-9(13)12-8/h1-2,5,8H,3-4H2,(H,12,13)/t8-/m0/s1. The van der Waals surface area contributed by atoms with Crippen molar-refractivity contribution in [3.8, 4) is 0 Å². The summed E-state index contributed by atoms with van der Waals surface area (Å²) in [5.74, 6) is 0. The minimum Gasteiger partial charge on any atom is -0.449 e. The number of hydrogen-bond acceptors (Lipinski definition) is 3. The predicted molar refractivity (Wildman–Crippen MR) is 53.8 cm³/mol. The zero-order valence-corrected chi connectivity index (χ0v) is 8.95. The number of carbonyl (C=O) groups is 1. The quantitative estimate of drug-likeness (QED) is 0.837. The molecule has 2 rings (SSSR count). The molecular formula is C9H9BrN2O2. The van der Waals surface area contributed by atoms with E-state index in [1.165, 1.54) is 0 Å². The fourth-order valence-electron chi connectivity index (χ4n) is 1.34. The average molecular weight is 257 g/mol. The molecule has 74 valence electrons. The zero-order chi connectivity index (χ0) is 9.97. The van der Waals surface area contributed by atoms with E-state index in [-0.39, 0.29) is 12.1 Å². The van der Waals surface area contributed by atoms with Crippen LogP contribution in [0.15, 0.2) is 22.8 Å². The van der Waals surface area contributed by atoms with E-state index in [1.807, 2.05) is 12.1 Å². The molecule has 1 atom stereocenters. The van der Waals surface area contributed by atoms with Gasteiger partial charge in [0.25, 0.3) is 0 Å². The van der Waals surface area contributed by atoms with Crippen molar-refractivity contribution in [1.82, 2.24) is 10.3 Å². The second-order valence-corrected chi connectivity index (χ2v) is 3.94. The predicted octanol–water partition coefficient (Wildman–Crippen LogP) is 2.02. The smallest absolute Gasteiger partial charge is 0.407 e. The van der Waals surface area contributed by atoms with Crippen LogP contribution in [0.3, 0.4) is 0 Å². The summed E-state index contributed by atoms with van der Waals surface area (Å²) < 4.78 is 5.70. The molecule has 0 unspecified atom stereocenters. The van der Waals surface area contributed by atoms with Crippen molar-refractivity contribution in [2.75, 3.05) is 6.61 Å². The fraction of sp³-hybridized carbons (Fsp3) is 0.333. The van der Waals surface area contributed by atoms with Crippen LogP contribution < -0.4 is 5.32 Å². The SMILES string of the molecule is O=C1N[C@H](c2ccc(Br)cn2)CCO1. The first-order valence-corrected chi connectivity index (χ1v) is 5.10. The van der Waals surface area contributed by atoms with Crippen molar-refractivity contribution in [1.29, 1.82) is 0 Å². The minimum absolute atomic E-state index is 0.0238. The Balaban J connectivity index is 2.14. The molecule has 1 amide bonds. The number of alkyl carbamates (subject to hydrolysis) is 1. The summed E-state index contributed by atoms with van der Waals surface area (Å²) in [5.41, 5.74) is 0.866. The van der Waals surface area contributed by atoms with Crippen molar-refractivity contribution in [2.45, 2.75) is 12.5 Å². The van der Waals surface area contributed by atoms with Gasteiger partial charge in [-0.05, 0) is 28.1 Å². The van der Waals surface area contributed by atoms with Crippen LogP contribution >= 0.6 is 15.9 Å². The molecule has 0 aliphatic carbocycles. The van der Waals surface area contributed by atoms with Gasteiger partial charge in [-0.15, -0.1) is 0 Å². The molecule has 0 spiro atoms. The molecule has 0 radical (unpaired) electrons. The summed E-state index contributed by atoms with van der Waals surface area (Å²) in [6, 6.07) is 3.77. The first kappa shape index (κ1) is 9.45. The van der Waals surface area contributed by atoms with Gasteiger partial charge >= 0.3 is 6.09 Å². The number of cyclic esters (lactones) is 1. The molecule has 1 N–H and O–H groups in total. The Morgan fingerprint density at radius 2 is 2.43 bits per heavy atom. The number of pyridine rings is 1. The third-order valence-electron chi connectivity index (χ3n) is 2.04. The number of nitrogens with zero attached hydrogens (tertiary/aromatic N) is 1. The Bertz CT molecular complexity index is 339. The first-order chi connectivity index (χ1) is 6.75. The lowest BCUT2D eigenvalue weighted by atomic mass is 10.1. The third kappa shape index (κ3) is 2.04. The van der Waals surface area contributed by atoms with Crippen LogP contribution in [0, 0.1) is 0 Å². The number of halogens is 1. The van der Waals surface area contributed by atoms with Gasteiger partial charge in [0.15, 0.2) is 0 Å². The third-order valence-corrected chi connectivity index (χ3v) is 2.51. The summed E-state index contributed by atoms with van der Waals surface area (Å²) in [6.45, 7) is 0.453. The fourth-order valence-corrected chi connectivity index (χ4v) is 1.58. The van der Waals surface area contributed by atoms with Crippen LogP contribution in [0.4, 0.5) is 4.79 Å². The first-order valence-electron chi connectivity index (χ1n) is 4.30. The lowest BCUT2D eigenvalue weighted by Crippen LogP contribution is -2.35. The van der Waals surface area contributed by atoms with Crippen molar-refractivity contribution in [3.63, 3.8) is 0 Å². The van der Waals surface area contributed by atoms with E-state index in [2.05, 4.69) is 26.2 Å². The average Bonchev–Trinajstić information content (AvgIpc) is 2.19. The zero-order valence-electron chi connectivity index (χ0n) is 7.37. The minimum atomic E-state index is -0.369. The van der Waals surface area contributed by atoms with E-state index in [4.69, 9.17) is 4.74 Å². The monoisotopic (exact) mass is 256 g/mol. The van der Waals surface area contributed by atoms with E-state index in [9.17, 15) is 4.79 Å². The second-order valence-electron chi connectivity index (χ2n) is 3.02. The van der Waals surface area contributed by atoms with Crippen molar-refractivity contribution in [3.05, 3.63) is 28.5 Å². The molecule has 1 aliphatic rings. The van der Waals surface area contributed by atoms with Crippen molar-refractivity contribution < 1.29 is 9.53 Å². The van der Waals surface area contributed by atoms with Gasteiger partial charge in [0.1, 0.15) is 0 Å². The number of hydrogen-bond donors (Lipinski definition) is 1. The topological polar surface area (TPSA) is 51.2 Å². The molecule has 4 nitrogen and oxygen atoms in total. The van der Waals surface area contributed by atoms with Crippen LogP contribution in [-0.2, 0) is 4.74 Å². The Morgan fingerprint density at radius 3 is 3.07 bits per heavy atom. The van der Waals surface area contributed by atoms with E-state index < -0.39 is 0 Å². The molecule has 0 aromatic carbocycles. The summed E-state index contributed by atoms with van der Waals surface area (Å²) >= 11 is 3.31. The molecule has 2 heterocycles. The Morgan fingerprint density at radius 1 is 1.57 bits per heavy atom. The molecule has 1 saturated heterocycles. The van der Waals surface area contributed by atoms with Crippen LogP contribution in [0.2, 0.25) is 0 Å². The van der Waals surface area contributed by atoms with Gasteiger partial charge in [0.05, 0.1) is 18.3 Å². The Kier molecular flexibility index (Phi) is 2.67. The highest BCUT2D eigenvalue weighted by Crippen LogP contribution is 2.19. The molecule has 0 bridgehead atoms. The summed E-state index contributed by atoms with van der Waals surface area (Å²) in [5, 5.41) is 2.71. The number of aromatic nitrogens is 1. The van der Waals surface area contributed by atoms with Gasteiger partial charge in [0.2, 0.25) is 0 Å². The summed E-state index contributed by atoms with van der Waals surface area (Å²) in [7, 11) is 0. The van der Waals surface area contributed by atoms with Gasteiger partial charge in [0, 0.05) is 17.1 Å². The van der Waals surface area contributed by atoms with E-state index >= 15 is 0 Å². The second kappa shape index (κ2) is 3.96. The largest absolute Gasteiger partial charge is 0.449 e. The summed E-state index contributed by atoms with van der Waals surface area (Å²) in [4.78, 5) is 15.2. The molecule has 5 heteroatoms. The molecule has 1 aliphatic heterocycles. The molecular weight excluding hydrogens is 248 g/mol. The number of amides is 1. The van der Waals surface area contributed by atoms with Gasteiger partial charge in [-0.2, -0.15) is 0 Å². The van der Waals surface area contributed by atoms with Gasteiger partial charge in [-0.25, -0.2) is 4.79 Å². The highest BCUT2D eigenvalue weighted by Gasteiger charge is 2.21. The van der Waals surface area contributed by atoms with Crippen LogP contribution in [0.5, 0.6) is 0 Å². The van der Waals surface area contributed by atoms with Gasteiger partial charge in [-0.1, -0.05) is 0 Å². The van der Waals surface area contributed by atoms with E-state index in [1.54, 1.807) is 6.20 Å². The lowest BCUT2D eigenvalue weighted by Gasteiger charge is -2.22. The maximum atomic E-state index is 10.9. The Labute approximate surface area is 89.8 Å². The number of nitrogens with one attached hydrogen (secondary N) is 1. The normalized spacial score (nSPS) is 21.2. The molecule has 14 heavy (non-hydrogen) atoms. The molecule has 0 saturated carbocycles. The van der Waals surface area contributed by atoms with Gasteiger partial charge < -0.3 is 10.1 Å². The number of rotatable bonds is 1. The van der Waals surface area contributed by atoms with Crippen molar-refractivity contribution >= 4 is 22.0 Å². The summed E-state index contributed by atoms with van der Waals surface area (Å²) in [6.07, 6.45) is 2.11. The maximum Gasteiger partial charge on any atom is 0.407 e. The highest BCUT2D eigenvalue weighted by molar-refractivity contribution is 9.10. The van der Waals surface area contributed by atoms with Crippen LogP contribution in [0.25, 0.3) is 0 Å². The van der Waals surface area contributed by atoms with Crippen LogP contribution in [-0.4, -0.2) is 17.7 Å². The number of carbonyl (C=O) groups excluding carboxylic acids is 1. The van der Waals surface area contributed by atoms with Gasteiger partial charge in [-0.3, -0.25) is 4.98 Å².